The third kappa shape index (κ3) is 4.91. The molecule has 1 aliphatic heterocycles. The van der Waals surface area contributed by atoms with E-state index in [-0.39, 0.29) is 0 Å². The lowest BCUT2D eigenvalue weighted by Gasteiger charge is -2.35. The standard InChI is InChI=1S/C21H27ClN2O2/c1-16-7-8-18(22)13-20(16)24-11-9-23(10-12-24)14-19(25)15-26-21-6-4-3-5-17(21)2/h3-8,13,19,25H,9-12,14-15H2,1-2H3/p+1/t19-/m1/s1. The van der Waals surface area contributed by atoms with Crippen molar-refractivity contribution < 1.29 is 14.7 Å². The third-order valence-corrected chi connectivity index (χ3v) is 5.27. The van der Waals surface area contributed by atoms with Crippen LogP contribution in [0.25, 0.3) is 0 Å². The van der Waals surface area contributed by atoms with Gasteiger partial charge in [-0.25, -0.2) is 0 Å². The van der Waals surface area contributed by atoms with Gasteiger partial charge >= 0.3 is 0 Å². The number of rotatable bonds is 6. The molecule has 3 rings (SSSR count). The van der Waals surface area contributed by atoms with Crippen molar-refractivity contribution in [1.82, 2.24) is 0 Å². The summed E-state index contributed by atoms with van der Waals surface area (Å²) in [6, 6.07) is 14.0. The van der Waals surface area contributed by atoms with Crippen LogP contribution in [0.5, 0.6) is 5.75 Å². The Balaban J connectivity index is 1.46. The molecule has 2 aromatic rings. The number of aliphatic hydroxyl groups excluding tert-OH is 1. The summed E-state index contributed by atoms with van der Waals surface area (Å²) in [7, 11) is 0. The molecule has 4 nitrogen and oxygen atoms in total. The number of piperazine rings is 1. The summed E-state index contributed by atoms with van der Waals surface area (Å²) in [4.78, 5) is 3.81. The van der Waals surface area contributed by atoms with Gasteiger partial charge in [-0.05, 0) is 43.2 Å². The van der Waals surface area contributed by atoms with E-state index in [1.807, 2.05) is 43.3 Å². The summed E-state index contributed by atoms with van der Waals surface area (Å²) in [5.41, 5.74) is 3.57. The lowest BCUT2D eigenvalue weighted by atomic mass is 10.1. The highest BCUT2D eigenvalue weighted by atomic mass is 35.5. The molecule has 0 aromatic heterocycles. The van der Waals surface area contributed by atoms with Crippen LogP contribution in [-0.4, -0.2) is 50.5 Å². The van der Waals surface area contributed by atoms with Gasteiger partial charge in [0.1, 0.15) is 25.0 Å². The maximum Gasteiger partial charge on any atom is 0.137 e. The molecule has 2 N–H and O–H groups in total. The second-order valence-electron chi connectivity index (χ2n) is 7.10. The van der Waals surface area contributed by atoms with Crippen molar-refractivity contribution in [3.8, 4) is 5.75 Å². The van der Waals surface area contributed by atoms with Crippen molar-refractivity contribution in [2.24, 2.45) is 0 Å². The van der Waals surface area contributed by atoms with Crippen LogP contribution < -0.4 is 14.5 Å². The van der Waals surface area contributed by atoms with Gasteiger partial charge in [0.2, 0.25) is 0 Å². The van der Waals surface area contributed by atoms with E-state index in [0.717, 1.165) is 42.5 Å². The second kappa shape index (κ2) is 8.76. The lowest BCUT2D eigenvalue weighted by molar-refractivity contribution is -0.903. The van der Waals surface area contributed by atoms with Gasteiger partial charge in [0.15, 0.2) is 0 Å². The highest BCUT2D eigenvalue weighted by Gasteiger charge is 2.23. The predicted molar refractivity (Wildman–Crippen MR) is 107 cm³/mol. The Labute approximate surface area is 160 Å². The average Bonchev–Trinajstić information content (AvgIpc) is 2.64. The zero-order valence-corrected chi connectivity index (χ0v) is 16.3. The number of para-hydroxylation sites is 1. The zero-order valence-electron chi connectivity index (χ0n) is 15.5. The summed E-state index contributed by atoms with van der Waals surface area (Å²) in [5, 5.41) is 11.1. The van der Waals surface area contributed by atoms with Gasteiger partial charge < -0.3 is 19.6 Å². The first kappa shape index (κ1) is 19.0. The maximum atomic E-state index is 10.3. The van der Waals surface area contributed by atoms with Gasteiger partial charge in [0.25, 0.3) is 0 Å². The maximum absolute atomic E-state index is 10.3. The van der Waals surface area contributed by atoms with Crippen molar-refractivity contribution >= 4 is 17.3 Å². The Morgan fingerprint density at radius 1 is 1.12 bits per heavy atom. The molecule has 0 saturated carbocycles. The van der Waals surface area contributed by atoms with E-state index < -0.39 is 6.10 Å². The van der Waals surface area contributed by atoms with Crippen LogP contribution in [0.1, 0.15) is 11.1 Å². The molecule has 0 spiro atoms. The Kier molecular flexibility index (Phi) is 6.41. The van der Waals surface area contributed by atoms with Gasteiger partial charge in [0.05, 0.1) is 26.2 Å². The quantitative estimate of drug-likeness (QED) is 0.812. The smallest absolute Gasteiger partial charge is 0.137 e. The summed E-state index contributed by atoms with van der Waals surface area (Å²) < 4.78 is 5.77. The number of nitrogens with one attached hydrogen (secondary N) is 1. The van der Waals surface area contributed by atoms with Crippen LogP contribution in [0.3, 0.4) is 0 Å². The second-order valence-corrected chi connectivity index (χ2v) is 7.54. The number of benzene rings is 2. The first-order chi connectivity index (χ1) is 12.5. The van der Waals surface area contributed by atoms with E-state index in [1.54, 1.807) is 0 Å². The molecule has 1 fully saturated rings. The van der Waals surface area contributed by atoms with Gasteiger partial charge in [0, 0.05) is 10.7 Å². The summed E-state index contributed by atoms with van der Waals surface area (Å²) in [5.74, 6) is 0.850. The van der Waals surface area contributed by atoms with Crippen LogP contribution in [0, 0.1) is 13.8 Å². The van der Waals surface area contributed by atoms with Crippen molar-refractivity contribution in [3.05, 3.63) is 58.6 Å². The minimum absolute atomic E-state index is 0.339. The predicted octanol–water partition coefficient (Wildman–Crippen LogP) is 2.10. The molecule has 2 aromatic carbocycles. The van der Waals surface area contributed by atoms with Crippen LogP contribution in [0.2, 0.25) is 5.02 Å². The fraction of sp³-hybridized carbons (Fsp3) is 0.429. The van der Waals surface area contributed by atoms with E-state index in [9.17, 15) is 5.11 Å². The van der Waals surface area contributed by atoms with Crippen LogP contribution in [-0.2, 0) is 0 Å². The van der Waals surface area contributed by atoms with Gasteiger partial charge in [-0.2, -0.15) is 0 Å². The minimum Gasteiger partial charge on any atom is -0.490 e. The summed E-state index contributed by atoms with van der Waals surface area (Å²) >= 11 is 6.15. The Morgan fingerprint density at radius 2 is 1.85 bits per heavy atom. The summed E-state index contributed by atoms with van der Waals surface area (Å²) in [6.45, 7) is 9.16. The molecule has 0 bridgehead atoms. The van der Waals surface area contributed by atoms with Crippen LogP contribution in [0.15, 0.2) is 42.5 Å². The summed E-state index contributed by atoms with van der Waals surface area (Å²) in [6.07, 6.45) is -0.455. The van der Waals surface area contributed by atoms with E-state index in [2.05, 4.69) is 17.9 Å². The van der Waals surface area contributed by atoms with Gasteiger partial charge in [-0.3, -0.25) is 0 Å². The van der Waals surface area contributed by atoms with Crippen molar-refractivity contribution in [1.29, 1.82) is 0 Å². The highest BCUT2D eigenvalue weighted by molar-refractivity contribution is 6.30. The molecule has 0 radical (unpaired) electrons. The zero-order chi connectivity index (χ0) is 18.5. The highest BCUT2D eigenvalue weighted by Crippen LogP contribution is 2.24. The van der Waals surface area contributed by atoms with Crippen LogP contribution >= 0.6 is 11.6 Å². The first-order valence-electron chi connectivity index (χ1n) is 9.24. The number of halogens is 1. The van der Waals surface area contributed by atoms with Crippen molar-refractivity contribution in [3.63, 3.8) is 0 Å². The number of hydrogen-bond donors (Lipinski definition) is 2. The largest absolute Gasteiger partial charge is 0.490 e. The molecule has 1 aliphatic rings. The van der Waals surface area contributed by atoms with E-state index in [1.165, 1.54) is 16.2 Å². The average molecular weight is 376 g/mol. The topological polar surface area (TPSA) is 37.1 Å². The molecule has 0 aliphatic carbocycles. The third-order valence-electron chi connectivity index (χ3n) is 5.03. The number of ether oxygens (including phenoxy) is 1. The minimum atomic E-state index is -0.455. The molecule has 0 amide bonds. The molecule has 140 valence electrons. The number of quaternary nitrogens is 1. The number of aliphatic hydroxyl groups is 1. The van der Waals surface area contributed by atoms with E-state index in [4.69, 9.17) is 16.3 Å². The lowest BCUT2D eigenvalue weighted by Crippen LogP contribution is -3.16. The Hall–Kier alpha value is -1.75. The molecule has 1 heterocycles. The van der Waals surface area contributed by atoms with Gasteiger partial charge in [-0.15, -0.1) is 0 Å². The molecular weight excluding hydrogens is 348 g/mol. The van der Waals surface area contributed by atoms with E-state index >= 15 is 0 Å². The number of hydrogen-bond acceptors (Lipinski definition) is 3. The monoisotopic (exact) mass is 375 g/mol. The molecular formula is C21H28ClN2O2+. The fourth-order valence-electron chi connectivity index (χ4n) is 3.49. The van der Waals surface area contributed by atoms with Crippen molar-refractivity contribution in [2.45, 2.75) is 20.0 Å². The van der Waals surface area contributed by atoms with Crippen molar-refractivity contribution in [2.75, 3.05) is 44.2 Å². The fourth-order valence-corrected chi connectivity index (χ4v) is 3.65. The number of anilines is 1. The van der Waals surface area contributed by atoms with E-state index in [0.29, 0.717) is 13.2 Å². The molecule has 26 heavy (non-hydrogen) atoms. The van der Waals surface area contributed by atoms with Gasteiger partial charge in [-0.1, -0.05) is 35.9 Å². The molecule has 1 saturated heterocycles. The first-order valence-corrected chi connectivity index (χ1v) is 9.62. The number of aryl methyl sites for hydroxylation is 2. The molecule has 1 atom stereocenters. The Morgan fingerprint density at radius 3 is 2.58 bits per heavy atom. The van der Waals surface area contributed by atoms with Crippen LogP contribution in [0.4, 0.5) is 5.69 Å². The normalized spacial score (nSPS) is 16.5. The number of nitrogens with zero attached hydrogens (tertiary/aromatic N) is 1. The SMILES string of the molecule is Cc1ccccc1OC[C@H](O)C[NH+]1CCN(c2cc(Cl)ccc2C)CC1. The molecule has 0 unspecified atom stereocenters. The Bertz CT molecular complexity index is 730. The molecule has 5 heteroatoms.